The molecule has 0 radical (unpaired) electrons. The van der Waals surface area contributed by atoms with E-state index in [2.05, 4.69) is 5.10 Å². The molecule has 1 aromatic rings. The fourth-order valence-corrected chi connectivity index (χ4v) is 2.17. The van der Waals surface area contributed by atoms with E-state index in [0.717, 1.165) is 31.2 Å². The molecule has 0 unspecified atom stereocenters. The number of carbonyl (C=O) groups is 1. The van der Waals surface area contributed by atoms with Gasteiger partial charge in [0.05, 0.1) is 18.4 Å². The molecule has 0 aromatic carbocycles. The van der Waals surface area contributed by atoms with Crippen LogP contribution in [0.5, 0.6) is 0 Å². The zero-order valence-corrected chi connectivity index (χ0v) is 13.0. The van der Waals surface area contributed by atoms with Crippen molar-refractivity contribution >= 4 is 5.91 Å². The molecule has 0 atom stereocenters. The molecule has 6 nitrogen and oxygen atoms in total. The molecule has 1 fully saturated rings. The maximum Gasteiger partial charge on any atom is 0.257 e. The van der Waals surface area contributed by atoms with E-state index in [0.29, 0.717) is 25.3 Å². The maximum atomic E-state index is 12.4. The molecule has 2 rings (SSSR count). The van der Waals surface area contributed by atoms with E-state index in [1.54, 1.807) is 18.1 Å². The van der Waals surface area contributed by atoms with Crippen LogP contribution in [-0.2, 0) is 11.3 Å². The quantitative estimate of drug-likeness (QED) is 0.691. The number of nitrogens with zero attached hydrogens (tertiary/aromatic N) is 3. The summed E-state index contributed by atoms with van der Waals surface area (Å²) < 4.78 is 7.42. The first-order valence-electron chi connectivity index (χ1n) is 7.69. The van der Waals surface area contributed by atoms with Crippen LogP contribution >= 0.6 is 0 Å². The Labute approximate surface area is 126 Å². The second-order valence-corrected chi connectivity index (χ2v) is 5.75. The standard InChI is InChI=1S/C15H26N4O2/c1-12-14(10-17-19(12)7-3-6-16)15(20)18(2)8-9-21-11-13-4-5-13/h10,13H,3-9,11,16H2,1-2H3. The number of carbonyl (C=O) groups excluding carboxylic acids is 1. The van der Waals surface area contributed by atoms with E-state index < -0.39 is 0 Å². The fraction of sp³-hybridized carbons (Fsp3) is 0.733. The van der Waals surface area contributed by atoms with Crippen LogP contribution in [0.15, 0.2) is 6.20 Å². The Balaban J connectivity index is 1.81. The highest BCUT2D eigenvalue weighted by Crippen LogP contribution is 2.28. The molecule has 0 aliphatic heterocycles. The number of hydrogen-bond donors (Lipinski definition) is 1. The van der Waals surface area contributed by atoms with Gasteiger partial charge in [0, 0.05) is 32.4 Å². The lowest BCUT2D eigenvalue weighted by molar-refractivity contribution is 0.0680. The van der Waals surface area contributed by atoms with E-state index >= 15 is 0 Å². The van der Waals surface area contributed by atoms with Gasteiger partial charge >= 0.3 is 0 Å². The van der Waals surface area contributed by atoms with Crippen LogP contribution in [0, 0.1) is 12.8 Å². The van der Waals surface area contributed by atoms with Crippen molar-refractivity contribution in [2.45, 2.75) is 32.7 Å². The number of amides is 1. The Morgan fingerprint density at radius 1 is 1.57 bits per heavy atom. The van der Waals surface area contributed by atoms with Gasteiger partial charge in [0.1, 0.15) is 0 Å². The smallest absolute Gasteiger partial charge is 0.257 e. The first kappa shape index (κ1) is 16.0. The summed E-state index contributed by atoms with van der Waals surface area (Å²) in [7, 11) is 1.81. The molecule has 1 amide bonds. The molecule has 1 heterocycles. The fourth-order valence-electron chi connectivity index (χ4n) is 2.17. The lowest BCUT2D eigenvalue weighted by Gasteiger charge is -2.17. The summed E-state index contributed by atoms with van der Waals surface area (Å²) in [4.78, 5) is 14.1. The summed E-state index contributed by atoms with van der Waals surface area (Å²) in [6, 6.07) is 0. The molecule has 0 saturated heterocycles. The van der Waals surface area contributed by atoms with Crippen molar-refractivity contribution in [2.24, 2.45) is 11.7 Å². The van der Waals surface area contributed by atoms with Crippen LogP contribution < -0.4 is 5.73 Å². The Bertz CT molecular complexity index is 468. The summed E-state index contributed by atoms with van der Waals surface area (Å²) in [6.07, 6.45) is 5.09. The Kier molecular flexibility index (Phi) is 5.76. The molecule has 0 bridgehead atoms. The first-order chi connectivity index (χ1) is 10.1. The Morgan fingerprint density at radius 3 is 3.00 bits per heavy atom. The molecule has 1 saturated carbocycles. The minimum Gasteiger partial charge on any atom is -0.379 e. The van der Waals surface area contributed by atoms with E-state index in [1.165, 1.54) is 12.8 Å². The molecular weight excluding hydrogens is 268 g/mol. The average Bonchev–Trinajstić information content (AvgIpc) is 3.23. The number of likely N-dealkylation sites (N-methyl/N-ethyl adjacent to an activating group) is 1. The van der Waals surface area contributed by atoms with E-state index in [9.17, 15) is 4.79 Å². The van der Waals surface area contributed by atoms with Crippen LogP contribution in [0.3, 0.4) is 0 Å². The minimum absolute atomic E-state index is 0.00141. The topological polar surface area (TPSA) is 73.4 Å². The molecule has 1 aromatic heterocycles. The number of ether oxygens (including phenoxy) is 1. The van der Waals surface area contributed by atoms with Crippen molar-refractivity contribution in [3.63, 3.8) is 0 Å². The van der Waals surface area contributed by atoms with Crippen LogP contribution in [-0.4, -0.2) is 53.9 Å². The Morgan fingerprint density at radius 2 is 2.33 bits per heavy atom. The molecular formula is C15H26N4O2. The summed E-state index contributed by atoms with van der Waals surface area (Å²) >= 11 is 0. The summed E-state index contributed by atoms with van der Waals surface area (Å²) in [5.74, 6) is 0.760. The summed E-state index contributed by atoms with van der Waals surface area (Å²) in [5, 5.41) is 4.27. The summed E-state index contributed by atoms with van der Waals surface area (Å²) in [5.41, 5.74) is 7.07. The minimum atomic E-state index is 0.00141. The van der Waals surface area contributed by atoms with Crippen LogP contribution in [0.2, 0.25) is 0 Å². The predicted octanol–water partition coefficient (Wildman–Crippen LogP) is 1.04. The number of rotatable bonds is 9. The van der Waals surface area contributed by atoms with Crippen molar-refractivity contribution in [1.29, 1.82) is 0 Å². The molecule has 1 aliphatic carbocycles. The normalized spacial score (nSPS) is 14.4. The number of aromatic nitrogens is 2. The SMILES string of the molecule is Cc1c(C(=O)N(C)CCOCC2CC2)cnn1CCCN. The van der Waals surface area contributed by atoms with Gasteiger partial charge in [-0.15, -0.1) is 0 Å². The van der Waals surface area contributed by atoms with E-state index in [-0.39, 0.29) is 5.91 Å². The van der Waals surface area contributed by atoms with Gasteiger partial charge in [0.25, 0.3) is 5.91 Å². The van der Waals surface area contributed by atoms with Crippen molar-refractivity contribution in [3.05, 3.63) is 17.5 Å². The van der Waals surface area contributed by atoms with Crippen molar-refractivity contribution in [3.8, 4) is 0 Å². The number of nitrogens with two attached hydrogens (primary N) is 1. The number of hydrogen-bond acceptors (Lipinski definition) is 4. The van der Waals surface area contributed by atoms with Gasteiger partial charge in [-0.3, -0.25) is 9.48 Å². The predicted molar refractivity (Wildman–Crippen MR) is 81.1 cm³/mol. The largest absolute Gasteiger partial charge is 0.379 e. The lowest BCUT2D eigenvalue weighted by Crippen LogP contribution is -2.30. The zero-order chi connectivity index (χ0) is 15.2. The van der Waals surface area contributed by atoms with Crippen LogP contribution in [0.1, 0.15) is 35.3 Å². The maximum absolute atomic E-state index is 12.4. The monoisotopic (exact) mass is 294 g/mol. The van der Waals surface area contributed by atoms with Gasteiger partial charge in [-0.05, 0) is 38.6 Å². The van der Waals surface area contributed by atoms with Gasteiger partial charge < -0.3 is 15.4 Å². The molecule has 1 aliphatic rings. The van der Waals surface area contributed by atoms with Crippen molar-refractivity contribution in [2.75, 3.05) is 33.4 Å². The third kappa shape index (κ3) is 4.54. The van der Waals surface area contributed by atoms with Gasteiger partial charge in [-0.1, -0.05) is 0 Å². The van der Waals surface area contributed by atoms with Gasteiger partial charge in [-0.2, -0.15) is 5.10 Å². The van der Waals surface area contributed by atoms with Gasteiger partial charge in [0.15, 0.2) is 0 Å². The summed E-state index contributed by atoms with van der Waals surface area (Å²) in [6.45, 7) is 5.34. The van der Waals surface area contributed by atoms with Crippen molar-refractivity contribution in [1.82, 2.24) is 14.7 Å². The Hall–Kier alpha value is -1.40. The highest BCUT2D eigenvalue weighted by molar-refractivity contribution is 5.94. The van der Waals surface area contributed by atoms with E-state index in [1.807, 2.05) is 11.6 Å². The molecule has 21 heavy (non-hydrogen) atoms. The van der Waals surface area contributed by atoms with Crippen LogP contribution in [0.4, 0.5) is 0 Å². The third-order valence-electron chi connectivity index (χ3n) is 3.88. The van der Waals surface area contributed by atoms with Crippen LogP contribution in [0.25, 0.3) is 0 Å². The molecule has 6 heteroatoms. The molecule has 118 valence electrons. The second kappa shape index (κ2) is 7.56. The lowest BCUT2D eigenvalue weighted by atomic mass is 10.2. The van der Waals surface area contributed by atoms with E-state index in [4.69, 9.17) is 10.5 Å². The first-order valence-corrected chi connectivity index (χ1v) is 7.69. The van der Waals surface area contributed by atoms with Crippen molar-refractivity contribution < 1.29 is 9.53 Å². The highest BCUT2D eigenvalue weighted by atomic mass is 16.5. The van der Waals surface area contributed by atoms with Gasteiger partial charge in [0.2, 0.25) is 0 Å². The van der Waals surface area contributed by atoms with Gasteiger partial charge in [-0.25, -0.2) is 0 Å². The number of aryl methyl sites for hydroxylation is 1. The highest BCUT2D eigenvalue weighted by Gasteiger charge is 2.21. The molecule has 0 spiro atoms. The zero-order valence-electron chi connectivity index (χ0n) is 13.0. The molecule has 2 N–H and O–H groups in total. The third-order valence-corrected chi connectivity index (χ3v) is 3.88. The second-order valence-electron chi connectivity index (χ2n) is 5.75. The average molecular weight is 294 g/mol.